The molecule has 1 N–H and O–H groups in total. The number of halogens is 2. The Balaban J connectivity index is 1.95. The van der Waals surface area contributed by atoms with Crippen molar-refractivity contribution < 1.29 is 13.6 Å². The molecule has 3 rings (SSSR count). The van der Waals surface area contributed by atoms with E-state index in [1.807, 2.05) is 6.92 Å². The second-order valence-electron chi connectivity index (χ2n) is 4.92. The monoisotopic (exact) mass is 302 g/mol. The Morgan fingerprint density at radius 2 is 2.00 bits per heavy atom. The van der Waals surface area contributed by atoms with Crippen LogP contribution in [0.1, 0.15) is 21.7 Å². The number of aromatic nitrogens is 3. The molecule has 0 saturated carbocycles. The van der Waals surface area contributed by atoms with E-state index in [2.05, 4.69) is 15.4 Å². The van der Waals surface area contributed by atoms with Crippen LogP contribution in [0.5, 0.6) is 0 Å². The molecule has 0 aliphatic carbocycles. The van der Waals surface area contributed by atoms with Crippen LogP contribution in [0.3, 0.4) is 0 Å². The lowest BCUT2D eigenvalue weighted by Crippen LogP contribution is -2.14. The molecule has 0 atom stereocenters. The van der Waals surface area contributed by atoms with Gasteiger partial charge in [-0.05, 0) is 43.7 Å². The van der Waals surface area contributed by atoms with Gasteiger partial charge in [-0.15, -0.1) is 0 Å². The zero-order valence-electron chi connectivity index (χ0n) is 11.9. The normalized spacial score (nSPS) is 10.9. The van der Waals surface area contributed by atoms with E-state index >= 15 is 0 Å². The number of nitrogens with zero attached hydrogens (tertiary/aromatic N) is 3. The van der Waals surface area contributed by atoms with Gasteiger partial charge in [0.1, 0.15) is 17.5 Å². The fraction of sp³-hybridized carbons (Fsp3) is 0.133. The molecule has 7 heteroatoms. The molecule has 0 spiro atoms. The first-order valence-electron chi connectivity index (χ1n) is 6.54. The average molecular weight is 302 g/mol. The fourth-order valence-electron chi connectivity index (χ4n) is 2.19. The van der Waals surface area contributed by atoms with Crippen molar-refractivity contribution in [1.29, 1.82) is 0 Å². The summed E-state index contributed by atoms with van der Waals surface area (Å²) >= 11 is 0. The molecule has 2 heterocycles. The number of pyridine rings is 1. The number of aryl methyl sites for hydroxylation is 2. The molecule has 0 bridgehead atoms. The lowest BCUT2D eigenvalue weighted by atomic mass is 10.2. The Morgan fingerprint density at radius 3 is 2.77 bits per heavy atom. The van der Waals surface area contributed by atoms with Crippen molar-refractivity contribution in [1.82, 2.24) is 14.6 Å². The van der Waals surface area contributed by atoms with Crippen molar-refractivity contribution in [3.8, 4) is 0 Å². The number of rotatable bonds is 2. The summed E-state index contributed by atoms with van der Waals surface area (Å²) in [6, 6.07) is 4.42. The lowest BCUT2D eigenvalue weighted by molar-refractivity contribution is 0.102. The molecule has 5 nitrogen and oxygen atoms in total. The van der Waals surface area contributed by atoms with Gasteiger partial charge >= 0.3 is 0 Å². The van der Waals surface area contributed by atoms with E-state index in [4.69, 9.17) is 0 Å². The zero-order chi connectivity index (χ0) is 15.9. The van der Waals surface area contributed by atoms with Gasteiger partial charge in [0, 0.05) is 0 Å². The fourth-order valence-corrected chi connectivity index (χ4v) is 2.19. The van der Waals surface area contributed by atoms with Gasteiger partial charge in [0.05, 0.1) is 17.4 Å². The molecule has 0 aliphatic rings. The second kappa shape index (κ2) is 5.18. The van der Waals surface area contributed by atoms with E-state index in [1.165, 1.54) is 4.52 Å². The Kier molecular flexibility index (Phi) is 3.32. The van der Waals surface area contributed by atoms with Gasteiger partial charge in [-0.25, -0.2) is 18.3 Å². The first-order valence-corrected chi connectivity index (χ1v) is 6.54. The molecule has 1 aromatic carbocycles. The van der Waals surface area contributed by atoms with Gasteiger partial charge in [-0.1, -0.05) is 0 Å². The van der Waals surface area contributed by atoms with Crippen LogP contribution in [0.15, 0.2) is 30.5 Å². The highest BCUT2D eigenvalue weighted by Gasteiger charge is 2.14. The minimum absolute atomic E-state index is 0.354. The van der Waals surface area contributed by atoms with Crippen LogP contribution in [-0.2, 0) is 0 Å². The van der Waals surface area contributed by atoms with Crippen LogP contribution in [0.2, 0.25) is 0 Å². The van der Waals surface area contributed by atoms with Gasteiger partial charge in [-0.3, -0.25) is 4.79 Å². The number of anilines is 1. The second-order valence-corrected chi connectivity index (χ2v) is 4.92. The molecule has 112 valence electrons. The van der Waals surface area contributed by atoms with E-state index < -0.39 is 17.5 Å². The van der Waals surface area contributed by atoms with E-state index in [0.29, 0.717) is 17.2 Å². The van der Waals surface area contributed by atoms with Gasteiger partial charge in [0.25, 0.3) is 5.91 Å². The molecular formula is C15H12F2N4O. The van der Waals surface area contributed by atoms with Crippen molar-refractivity contribution in [3.05, 3.63) is 59.0 Å². The average Bonchev–Trinajstić information content (AvgIpc) is 2.82. The summed E-state index contributed by atoms with van der Waals surface area (Å²) in [7, 11) is 0. The third-order valence-electron chi connectivity index (χ3n) is 3.15. The quantitative estimate of drug-likeness (QED) is 0.792. The smallest absolute Gasteiger partial charge is 0.258 e. The summed E-state index contributed by atoms with van der Waals surface area (Å²) in [6.07, 6.45) is 1.57. The van der Waals surface area contributed by atoms with Crippen molar-refractivity contribution in [2.24, 2.45) is 0 Å². The summed E-state index contributed by atoms with van der Waals surface area (Å²) in [5.74, 6) is -1.59. The molecular weight excluding hydrogens is 290 g/mol. The van der Waals surface area contributed by atoms with Crippen LogP contribution in [0.25, 0.3) is 5.65 Å². The summed E-state index contributed by atoms with van der Waals surface area (Å²) in [5.41, 5.74) is 1.54. The molecule has 22 heavy (non-hydrogen) atoms. The van der Waals surface area contributed by atoms with Gasteiger partial charge < -0.3 is 5.32 Å². The maximum Gasteiger partial charge on any atom is 0.258 e. The van der Waals surface area contributed by atoms with Crippen molar-refractivity contribution in [2.75, 3.05) is 5.32 Å². The molecule has 0 aliphatic heterocycles. The number of benzene rings is 1. The number of carbonyl (C=O) groups is 1. The lowest BCUT2D eigenvalue weighted by Gasteiger charge is -2.08. The number of hydrogen-bond donors (Lipinski definition) is 1. The predicted molar refractivity (Wildman–Crippen MR) is 76.8 cm³/mol. The van der Waals surface area contributed by atoms with E-state index in [9.17, 15) is 13.6 Å². The molecule has 0 radical (unpaired) electrons. The maximum absolute atomic E-state index is 13.6. The zero-order valence-corrected chi connectivity index (χ0v) is 11.9. The predicted octanol–water partition coefficient (Wildman–Crippen LogP) is 2.88. The Hall–Kier alpha value is -2.83. The highest BCUT2D eigenvalue weighted by molar-refractivity contribution is 6.04. The summed E-state index contributed by atoms with van der Waals surface area (Å²) in [6.45, 7) is 3.58. The first-order chi connectivity index (χ1) is 10.4. The van der Waals surface area contributed by atoms with Crippen molar-refractivity contribution in [2.45, 2.75) is 13.8 Å². The third kappa shape index (κ3) is 2.52. The molecule has 1 amide bonds. The molecule has 0 fully saturated rings. The Labute approximate surface area is 124 Å². The Bertz CT molecular complexity index is 889. The van der Waals surface area contributed by atoms with Gasteiger partial charge in [0.2, 0.25) is 0 Å². The SMILES string of the molecule is Cc1nc2c(C)cc(NC(=O)c3cc(F)ccc3F)cn2n1. The highest BCUT2D eigenvalue weighted by Crippen LogP contribution is 2.17. The number of fused-ring (bicyclic) bond motifs is 1. The molecule has 0 unspecified atom stereocenters. The minimum Gasteiger partial charge on any atom is -0.320 e. The number of hydrogen-bond acceptors (Lipinski definition) is 3. The third-order valence-corrected chi connectivity index (χ3v) is 3.15. The summed E-state index contributed by atoms with van der Waals surface area (Å²) in [5, 5.41) is 6.70. The minimum atomic E-state index is -0.784. The summed E-state index contributed by atoms with van der Waals surface area (Å²) in [4.78, 5) is 16.3. The molecule has 2 aromatic heterocycles. The Morgan fingerprint density at radius 1 is 1.23 bits per heavy atom. The summed E-state index contributed by atoms with van der Waals surface area (Å²) < 4.78 is 28.3. The van der Waals surface area contributed by atoms with Gasteiger partial charge in [-0.2, -0.15) is 5.10 Å². The van der Waals surface area contributed by atoms with Crippen LogP contribution in [0, 0.1) is 25.5 Å². The van der Waals surface area contributed by atoms with Crippen LogP contribution in [0.4, 0.5) is 14.5 Å². The maximum atomic E-state index is 13.6. The van der Waals surface area contributed by atoms with Crippen LogP contribution >= 0.6 is 0 Å². The van der Waals surface area contributed by atoms with E-state index in [0.717, 1.165) is 23.8 Å². The van der Waals surface area contributed by atoms with Crippen molar-refractivity contribution in [3.63, 3.8) is 0 Å². The number of carbonyl (C=O) groups excluding carboxylic acids is 1. The largest absolute Gasteiger partial charge is 0.320 e. The van der Waals surface area contributed by atoms with Gasteiger partial charge in [0.15, 0.2) is 5.65 Å². The first kappa shape index (κ1) is 14.1. The molecule has 0 saturated heterocycles. The van der Waals surface area contributed by atoms with Crippen LogP contribution < -0.4 is 5.32 Å². The number of amides is 1. The highest BCUT2D eigenvalue weighted by atomic mass is 19.1. The van der Waals surface area contributed by atoms with E-state index in [-0.39, 0.29) is 5.56 Å². The molecule has 3 aromatic rings. The number of nitrogens with one attached hydrogen (secondary N) is 1. The van der Waals surface area contributed by atoms with E-state index in [1.54, 1.807) is 19.2 Å². The topological polar surface area (TPSA) is 59.3 Å². The van der Waals surface area contributed by atoms with Crippen molar-refractivity contribution >= 4 is 17.2 Å². The standard InChI is InChI=1S/C15H12F2N4O/c1-8-5-11(7-21-14(8)18-9(2)20-21)19-15(22)12-6-10(16)3-4-13(12)17/h3-7H,1-2H3,(H,19,22). The van der Waals surface area contributed by atoms with Crippen LogP contribution in [-0.4, -0.2) is 20.5 Å².